The molecule has 2 aliphatic rings. The Bertz CT molecular complexity index is 635. The Morgan fingerprint density at radius 2 is 1.93 bits per heavy atom. The van der Waals surface area contributed by atoms with E-state index < -0.39 is 6.10 Å². The number of benzene rings is 1. The number of carbonyl (C=O) groups excluding carboxylic acids is 1. The lowest BCUT2D eigenvalue weighted by Gasteiger charge is -2.42. The molecule has 1 N–H and O–H groups in total. The molecule has 2 aliphatic heterocycles. The van der Waals surface area contributed by atoms with Gasteiger partial charge >= 0.3 is 0 Å². The first-order valence-electron chi connectivity index (χ1n) is 11.2. The molecule has 1 atom stereocenters. The maximum Gasteiger partial charge on any atom is 0.260 e. The highest BCUT2D eigenvalue weighted by Crippen LogP contribution is 2.37. The molecule has 4 heteroatoms. The molecular formula is C24H38N2O2. The van der Waals surface area contributed by atoms with Crippen LogP contribution in [0.4, 0.5) is 0 Å². The second-order valence-electron chi connectivity index (χ2n) is 9.32. The molecular weight excluding hydrogens is 348 g/mol. The van der Waals surface area contributed by atoms with Crippen LogP contribution < -0.4 is 10.1 Å². The van der Waals surface area contributed by atoms with Crippen molar-refractivity contribution in [3.63, 3.8) is 0 Å². The van der Waals surface area contributed by atoms with Crippen molar-refractivity contribution in [2.24, 2.45) is 11.3 Å². The van der Waals surface area contributed by atoms with E-state index in [4.69, 9.17) is 4.74 Å². The normalized spacial score (nSPS) is 24.0. The summed E-state index contributed by atoms with van der Waals surface area (Å²) in [5.74, 6) is 1.64. The van der Waals surface area contributed by atoms with E-state index in [2.05, 4.69) is 36.2 Å². The van der Waals surface area contributed by atoms with Crippen molar-refractivity contribution in [1.29, 1.82) is 0 Å². The number of para-hydroxylation sites is 1. The number of likely N-dealkylation sites (tertiary alicyclic amines) is 1. The minimum atomic E-state index is -0.455. The fraction of sp³-hybridized carbons (Fsp3) is 0.708. The first kappa shape index (κ1) is 21.2. The Kier molecular flexibility index (Phi) is 7.39. The van der Waals surface area contributed by atoms with Gasteiger partial charge < -0.3 is 15.0 Å². The van der Waals surface area contributed by atoms with Crippen molar-refractivity contribution in [1.82, 2.24) is 10.2 Å². The maximum atomic E-state index is 12.7. The molecule has 0 aliphatic carbocycles. The molecule has 2 heterocycles. The van der Waals surface area contributed by atoms with Crippen LogP contribution in [-0.2, 0) is 11.2 Å². The SMILES string of the molecule is CC(C)CCN1CCC2(CCCCc3ccccc3O[C@H](C)C(=O)NC2)CC1. The van der Waals surface area contributed by atoms with Crippen LogP contribution in [0.5, 0.6) is 5.75 Å². The zero-order chi connectivity index (χ0) is 20.0. The lowest BCUT2D eigenvalue weighted by molar-refractivity contribution is -0.128. The van der Waals surface area contributed by atoms with Gasteiger partial charge in [-0.2, -0.15) is 0 Å². The van der Waals surface area contributed by atoms with Gasteiger partial charge in [-0.3, -0.25) is 4.79 Å². The van der Waals surface area contributed by atoms with Gasteiger partial charge in [0.2, 0.25) is 0 Å². The van der Waals surface area contributed by atoms with Gasteiger partial charge in [0, 0.05) is 6.54 Å². The number of rotatable bonds is 3. The van der Waals surface area contributed by atoms with Crippen LogP contribution >= 0.6 is 0 Å². The molecule has 1 saturated heterocycles. The van der Waals surface area contributed by atoms with E-state index in [0.717, 1.165) is 37.7 Å². The van der Waals surface area contributed by atoms with E-state index in [1.54, 1.807) is 0 Å². The van der Waals surface area contributed by atoms with E-state index >= 15 is 0 Å². The molecule has 4 nitrogen and oxygen atoms in total. The van der Waals surface area contributed by atoms with Crippen molar-refractivity contribution in [2.45, 2.75) is 71.8 Å². The van der Waals surface area contributed by atoms with Gasteiger partial charge in [0.25, 0.3) is 5.91 Å². The van der Waals surface area contributed by atoms with Crippen LogP contribution in [0.3, 0.4) is 0 Å². The van der Waals surface area contributed by atoms with Crippen molar-refractivity contribution >= 4 is 5.91 Å². The molecule has 28 heavy (non-hydrogen) atoms. The molecule has 1 aromatic rings. The number of ether oxygens (including phenoxy) is 1. The van der Waals surface area contributed by atoms with Crippen LogP contribution in [0.25, 0.3) is 0 Å². The molecule has 0 radical (unpaired) electrons. The number of aryl methyl sites for hydroxylation is 1. The summed E-state index contributed by atoms with van der Waals surface area (Å²) in [4.78, 5) is 15.3. The minimum absolute atomic E-state index is 0.0111. The van der Waals surface area contributed by atoms with Gasteiger partial charge in [0.15, 0.2) is 6.10 Å². The van der Waals surface area contributed by atoms with Crippen molar-refractivity contribution in [2.75, 3.05) is 26.2 Å². The molecule has 1 fully saturated rings. The third-order valence-electron chi connectivity index (χ3n) is 6.63. The molecule has 0 aromatic heterocycles. The molecule has 3 rings (SSSR count). The fourth-order valence-corrected chi connectivity index (χ4v) is 4.51. The maximum absolute atomic E-state index is 12.7. The second-order valence-corrected chi connectivity index (χ2v) is 9.32. The fourth-order valence-electron chi connectivity index (χ4n) is 4.51. The van der Waals surface area contributed by atoms with Crippen LogP contribution in [0, 0.1) is 11.3 Å². The zero-order valence-electron chi connectivity index (χ0n) is 18.0. The lowest BCUT2D eigenvalue weighted by atomic mass is 9.74. The first-order valence-corrected chi connectivity index (χ1v) is 11.2. The van der Waals surface area contributed by atoms with Crippen LogP contribution in [-0.4, -0.2) is 43.1 Å². The summed E-state index contributed by atoms with van der Waals surface area (Å²) in [5.41, 5.74) is 1.47. The van der Waals surface area contributed by atoms with Crippen LogP contribution in [0.15, 0.2) is 24.3 Å². The predicted octanol–water partition coefficient (Wildman–Crippen LogP) is 4.42. The third kappa shape index (κ3) is 5.73. The lowest BCUT2D eigenvalue weighted by Crippen LogP contribution is -2.48. The Morgan fingerprint density at radius 3 is 2.68 bits per heavy atom. The topological polar surface area (TPSA) is 41.6 Å². The van der Waals surface area contributed by atoms with Crippen molar-refractivity contribution in [3.05, 3.63) is 29.8 Å². The summed E-state index contributed by atoms with van der Waals surface area (Å²) in [6.07, 6.45) is 7.84. The highest BCUT2D eigenvalue weighted by molar-refractivity contribution is 5.80. The summed E-state index contributed by atoms with van der Waals surface area (Å²) >= 11 is 0. The Balaban J connectivity index is 1.64. The Hall–Kier alpha value is -1.55. The van der Waals surface area contributed by atoms with E-state index in [0.29, 0.717) is 0 Å². The molecule has 1 spiro atoms. The van der Waals surface area contributed by atoms with Gasteiger partial charge in [0.05, 0.1) is 0 Å². The number of fused-ring (bicyclic) bond motifs is 1. The van der Waals surface area contributed by atoms with Gasteiger partial charge in [-0.1, -0.05) is 38.5 Å². The zero-order valence-corrected chi connectivity index (χ0v) is 18.0. The predicted molar refractivity (Wildman–Crippen MR) is 115 cm³/mol. The average Bonchev–Trinajstić information content (AvgIpc) is 2.69. The molecule has 156 valence electrons. The number of carbonyl (C=O) groups is 1. The van der Waals surface area contributed by atoms with Gasteiger partial charge in [-0.15, -0.1) is 0 Å². The van der Waals surface area contributed by atoms with Crippen LogP contribution in [0.1, 0.15) is 64.9 Å². The number of hydrogen-bond acceptors (Lipinski definition) is 3. The summed E-state index contributed by atoms with van der Waals surface area (Å²) < 4.78 is 6.01. The third-order valence-corrected chi connectivity index (χ3v) is 6.63. The van der Waals surface area contributed by atoms with Gasteiger partial charge in [0.1, 0.15) is 5.75 Å². The molecule has 0 bridgehead atoms. The van der Waals surface area contributed by atoms with Gasteiger partial charge in [-0.25, -0.2) is 0 Å². The number of hydrogen-bond donors (Lipinski definition) is 1. The van der Waals surface area contributed by atoms with E-state index in [1.807, 2.05) is 19.1 Å². The van der Waals surface area contributed by atoms with E-state index in [-0.39, 0.29) is 11.3 Å². The average molecular weight is 387 g/mol. The van der Waals surface area contributed by atoms with E-state index in [1.165, 1.54) is 50.6 Å². The quantitative estimate of drug-likeness (QED) is 0.836. The molecule has 1 aromatic carbocycles. The monoisotopic (exact) mass is 386 g/mol. The highest BCUT2D eigenvalue weighted by atomic mass is 16.5. The number of nitrogens with zero attached hydrogens (tertiary/aromatic N) is 1. The van der Waals surface area contributed by atoms with Crippen molar-refractivity contribution in [3.8, 4) is 5.75 Å². The van der Waals surface area contributed by atoms with Crippen molar-refractivity contribution < 1.29 is 9.53 Å². The number of amides is 1. The summed E-state index contributed by atoms with van der Waals surface area (Å²) in [6.45, 7) is 10.8. The summed E-state index contributed by atoms with van der Waals surface area (Å²) in [5, 5.41) is 3.22. The summed E-state index contributed by atoms with van der Waals surface area (Å²) in [6, 6.07) is 8.17. The molecule has 0 saturated carbocycles. The highest BCUT2D eigenvalue weighted by Gasteiger charge is 2.35. The van der Waals surface area contributed by atoms with Gasteiger partial charge in [-0.05, 0) is 88.0 Å². The standard InChI is InChI=1S/C24H38N2O2/c1-19(2)11-15-26-16-13-24(14-17-26)12-7-6-9-21-8-4-5-10-22(21)28-20(3)23(27)25-18-24/h4-5,8,10,19-20H,6-7,9,11-18H2,1-3H3,(H,25,27)/t20-/m1/s1. The Labute approximate surface area is 171 Å². The summed E-state index contributed by atoms with van der Waals surface area (Å²) in [7, 11) is 0. The minimum Gasteiger partial charge on any atom is -0.481 e. The number of nitrogens with one attached hydrogen (secondary N) is 1. The Morgan fingerprint density at radius 1 is 1.18 bits per heavy atom. The second kappa shape index (κ2) is 9.78. The van der Waals surface area contributed by atoms with Crippen LogP contribution in [0.2, 0.25) is 0 Å². The molecule has 0 unspecified atom stereocenters. The number of piperidine rings is 1. The largest absolute Gasteiger partial charge is 0.481 e. The van der Waals surface area contributed by atoms with E-state index in [9.17, 15) is 4.79 Å². The first-order chi connectivity index (χ1) is 13.5. The smallest absolute Gasteiger partial charge is 0.260 e. The molecule has 1 amide bonds.